The van der Waals surface area contributed by atoms with Gasteiger partial charge in [-0.3, -0.25) is 0 Å². The molecule has 0 saturated carbocycles. The van der Waals surface area contributed by atoms with Crippen molar-refractivity contribution in [2.45, 2.75) is 0 Å². The Morgan fingerprint density at radius 1 is 1.36 bits per heavy atom. The zero-order valence-corrected chi connectivity index (χ0v) is 6.89. The van der Waals surface area contributed by atoms with E-state index in [1.807, 2.05) is 0 Å². The second-order valence-electron chi connectivity index (χ2n) is 2.37. The second kappa shape index (κ2) is 3.46. The van der Waals surface area contributed by atoms with Crippen molar-refractivity contribution < 1.29 is 8.42 Å². The van der Waals surface area contributed by atoms with E-state index in [0.717, 1.165) is 13.1 Å². The standard InChI is InChI=1S/C4H12N4O2S/c5-11(9,10)7-8-3-1-6-2-4-8/h6-7H,1-4H2,(H2,5,9,10). The van der Waals surface area contributed by atoms with Gasteiger partial charge in [0, 0.05) is 26.2 Å². The predicted octanol–water partition coefficient (Wildman–Crippen LogP) is -2.40. The maximum absolute atomic E-state index is 10.5. The molecule has 1 rings (SSSR count). The molecule has 66 valence electrons. The fourth-order valence-corrected chi connectivity index (χ4v) is 1.48. The molecule has 0 aromatic carbocycles. The Bertz CT molecular complexity index is 208. The smallest absolute Gasteiger partial charge is 0.287 e. The van der Waals surface area contributed by atoms with E-state index < -0.39 is 10.2 Å². The fraction of sp³-hybridized carbons (Fsp3) is 1.00. The van der Waals surface area contributed by atoms with Crippen molar-refractivity contribution in [2.24, 2.45) is 5.14 Å². The van der Waals surface area contributed by atoms with E-state index in [4.69, 9.17) is 5.14 Å². The van der Waals surface area contributed by atoms with Crippen LogP contribution < -0.4 is 15.3 Å². The van der Waals surface area contributed by atoms with Gasteiger partial charge in [0.1, 0.15) is 0 Å². The maximum Gasteiger partial charge on any atom is 0.287 e. The van der Waals surface area contributed by atoms with Gasteiger partial charge in [0.05, 0.1) is 0 Å². The molecule has 1 aliphatic heterocycles. The van der Waals surface area contributed by atoms with Crippen LogP contribution in [0.2, 0.25) is 0 Å². The number of hydrazine groups is 1. The lowest BCUT2D eigenvalue weighted by atomic mass is 10.4. The molecule has 4 N–H and O–H groups in total. The molecule has 6 nitrogen and oxygen atoms in total. The number of piperazine rings is 1. The van der Waals surface area contributed by atoms with E-state index >= 15 is 0 Å². The minimum atomic E-state index is -3.58. The lowest BCUT2D eigenvalue weighted by Gasteiger charge is -2.26. The highest BCUT2D eigenvalue weighted by Crippen LogP contribution is 1.86. The first kappa shape index (κ1) is 8.88. The number of nitrogens with zero attached hydrogens (tertiary/aromatic N) is 1. The van der Waals surface area contributed by atoms with Gasteiger partial charge in [0.2, 0.25) is 0 Å². The average Bonchev–Trinajstić information content (AvgIpc) is 1.85. The molecule has 1 heterocycles. The summed E-state index contributed by atoms with van der Waals surface area (Å²) in [6.07, 6.45) is 0. The fourth-order valence-electron chi connectivity index (χ4n) is 0.936. The largest absolute Gasteiger partial charge is 0.314 e. The SMILES string of the molecule is NS(=O)(=O)NN1CCNCC1. The van der Waals surface area contributed by atoms with Gasteiger partial charge < -0.3 is 5.32 Å². The Hall–Kier alpha value is -0.210. The Morgan fingerprint density at radius 3 is 2.36 bits per heavy atom. The summed E-state index contributed by atoms with van der Waals surface area (Å²) in [4.78, 5) is 2.20. The van der Waals surface area contributed by atoms with E-state index in [1.54, 1.807) is 5.01 Å². The second-order valence-corrected chi connectivity index (χ2v) is 3.65. The molecule has 1 fully saturated rings. The molecule has 1 saturated heterocycles. The van der Waals surface area contributed by atoms with Crippen molar-refractivity contribution in [1.82, 2.24) is 15.2 Å². The van der Waals surface area contributed by atoms with E-state index in [-0.39, 0.29) is 0 Å². The summed E-state index contributed by atoms with van der Waals surface area (Å²) < 4.78 is 21.0. The monoisotopic (exact) mass is 180 g/mol. The number of rotatable bonds is 2. The van der Waals surface area contributed by atoms with Crippen LogP contribution in [0.25, 0.3) is 0 Å². The third-order valence-electron chi connectivity index (χ3n) is 1.37. The highest BCUT2D eigenvalue weighted by molar-refractivity contribution is 7.87. The third kappa shape index (κ3) is 3.63. The normalized spacial score (nSPS) is 21.9. The van der Waals surface area contributed by atoms with Crippen LogP contribution >= 0.6 is 0 Å². The zero-order chi connectivity index (χ0) is 8.32. The van der Waals surface area contributed by atoms with Gasteiger partial charge in [-0.1, -0.05) is 0 Å². The predicted molar refractivity (Wildman–Crippen MR) is 40.7 cm³/mol. The lowest BCUT2D eigenvalue weighted by molar-refractivity contribution is 0.211. The summed E-state index contributed by atoms with van der Waals surface area (Å²) in [5, 5.41) is 9.42. The van der Waals surface area contributed by atoms with Gasteiger partial charge in [0.25, 0.3) is 10.2 Å². The van der Waals surface area contributed by atoms with E-state index in [0.29, 0.717) is 13.1 Å². The summed E-state index contributed by atoms with van der Waals surface area (Å²) in [7, 11) is -3.58. The maximum atomic E-state index is 10.5. The first-order valence-electron chi connectivity index (χ1n) is 3.34. The van der Waals surface area contributed by atoms with Crippen molar-refractivity contribution in [3.63, 3.8) is 0 Å². The molecule has 11 heavy (non-hydrogen) atoms. The van der Waals surface area contributed by atoms with Gasteiger partial charge in [-0.05, 0) is 0 Å². The minimum Gasteiger partial charge on any atom is -0.314 e. The minimum absolute atomic E-state index is 0.649. The molecular formula is C4H12N4O2S. The molecular weight excluding hydrogens is 168 g/mol. The molecule has 0 radical (unpaired) electrons. The van der Waals surface area contributed by atoms with Crippen molar-refractivity contribution in [3.8, 4) is 0 Å². The quantitative estimate of drug-likeness (QED) is 0.442. The third-order valence-corrected chi connectivity index (χ3v) is 1.89. The Labute approximate surface area is 65.9 Å². The Balaban J connectivity index is 2.36. The van der Waals surface area contributed by atoms with Crippen LogP contribution in [0.15, 0.2) is 0 Å². The molecule has 0 aliphatic carbocycles. The average molecular weight is 180 g/mol. The first-order chi connectivity index (χ1) is 5.08. The van der Waals surface area contributed by atoms with E-state index in [1.165, 1.54) is 0 Å². The van der Waals surface area contributed by atoms with Gasteiger partial charge >= 0.3 is 0 Å². The van der Waals surface area contributed by atoms with Crippen LogP contribution in [0.5, 0.6) is 0 Å². The molecule has 0 atom stereocenters. The summed E-state index contributed by atoms with van der Waals surface area (Å²) in [5.74, 6) is 0. The van der Waals surface area contributed by atoms with Crippen molar-refractivity contribution in [2.75, 3.05) is 26.2 Å². The Kier molecular flexibility index (Phi) is 2.79. The topological polar surface area (TPSA) is 87.5 Å². The molecule has 0 amide bonds. The first-order valence-corrected chi connectivity index (χ1v) is 4.88. The van der Waals surface area contributed by atoms with Gasteiger partial charge in [-0.2, -0.15) is 8.42 Å². The van der Waals surface area contributed by atoms with Crippen LogP contribution in [0.4, 0.5) is 0 Å². The highest BCUT2D eigenvalue weighted by Gasteiger charge is 2.12. The molecule has 0 aromatic rings. The lowest BCUT2D eigenvalue weighted by Crippen LogP contribution is -2.53. The molecule has 7 heteroatoms. The van der Waals surface area contributed by atoms with Gasteiger partial charge in [-0.25, -0.2) is 10.1 Å². The highest BCUT2D eigenvalue weighted by atomic mass is 32.2. The van der Waals surface area contributed by atoms with E-state index in [2.05, 4.69) is 10.1 Å². The molecule has 0 unspecified atom stereocenters. The molecule has 0 aromatic heterocycles. The van der Waals surface area contributed by atoms with Crippen molar-refractivity contribution in [3.05, 3.63) is 0 Å². The van der Waals surface area contributed by atoms with Crippen LogP contribution in [-0.4, -0.2) is 39.6 Å². The van der Waals surface area contributed by atoms with Crippen molar-refractivity contribution in [1.29, 1.82) is 0 Å². The molecule has 0 bridgehead atoms. The van der Waals surface area contributed by atoms with E-state index in [9.17, 15) is 8.42 Å². The van der Waals surface area contributed by atoms with Crippen molar-refractivity contribution >= 4 is 10.2 Å². The summed E-state index contributed by atoms with van der Waals surface area (Å²) in [6, 6.07) is 0. The van der Waals surface area contributed by atoms with Gasteiger partial charge in [0.15, 0.2) is 0 Å². The number of hydrogen-bond acceptors (Lipinski definition) is 4. The van der Waals surface area contributed by atoms with Crippen LogP contribution in [0.1, 0.15) is 0 Å². The molecule has 1 aliphatic rings. The van der Waals surface area contributed by atoms with Crippen LogP contribution in [0.3, 0.4) is 0 Å². The summed E-state index contributed by atoms with van der Waals surface area (Å²) >= 11 is 0. The molecule has 0 spiro atoms. The number of nitrogens with two attached hydrogens (primary N) is 1. The van der Waals surface area contributed by atoms with Crippen LogP contribution in [-0.2, 0) is 10.2 Å². The summed E-state index contributed by atoms with van der Waals surface area (Å²) in [5.41, 5.74) is 0. The zero-order valence-electron chi connectivity index (χ0n) is 6.08. The Morgan fingerprint density at radius 2 is 1.91 bits per heavy atom. The summed E-state index contributed by atoms with van der Waals surface area (Å²) in [6.45, 7) is 2.86. The number of hydrogen-bond donors (Lipinski definition) is 3. The number of nitrogens with one attached hydrogen (secondary N) is 2. The van der Waals surface area contributed by atoms with Crippen LogP contribution in [0, 0.1) is 0 Å². The van der Waals surface area contributed by atoms with Gasteiger partial charge in [-0.15, -0.1) is 4.83 Å².